The molecule has 0 bridgehead atoms. The molecule has 1 amide bonds. The maximum absolute atomic E-state index is 12.1. The van der Waals surface area contributed by atoms with Crippen molar-refractivity contribution in [1.29, 1.82) is 0 Å². The molecule has 0 radical (unpaired) electrons. The van der Waals surface area contributed by atoms with Crippen LogP contribution in [0.2, 0.25) is 0 Å². The molecule has 0 aliphatic carbocycles. The number of carbonyl (C=O) groups excluding carboxylic acids is 1. The van der Waals surface area contributed by atoms with Crippen molar-refractivity contribution >= 4 is 5.91 Å². The molecular weight excluding hydrogens is 370 g/mol. The third kappa shape index (κ3) is 4.55. The van der Waals surface area contributed by atoms with Gasteiger partial charge < -0.3 is 14.4 Å². The minimum absolute atomic E-state index is 0.139. The summed E-state index contributed by atoms with van der Waals surface area (Å²) >= 11 is 0. The summed E-state index contributed by atoms with van der Waals surface area (Å²) in [5, 5.41) is 10.8. The van der Waals surface area contributed by atoms with Crippen LogP contribution in [0.5, 0.6) is 0 Å². The van der Waals surface area contributed by atoms with Gasteiger partial charge in [0, 0.05) is 42.4 Å². The van der Waals surface area contributed by atoms with Crippen molar-refractivity contribution in [3.8, 4) is 22.6 Å². The summed E-state index contributed by atoms with van der Waals surface area (Å²) in [5.41, 5.74) is 3.52. The Hall–Kier alpha value is -3.81. The molecule has 0 saturated heterocycles. The van der Waals surface area contributed by atoms with Gasteiger partial charge in [0.05, 0.1) is 6.54 Å². The normalized spacial score (nSPS) is 10.8. The zero-order chi connectivity index (χ0) is 20.1. The number of benzene rings is 1. The SMILES string of the molecule is Cc1ccccc1-c1noc(CCC(=O)NCc2cc(-c3cccnc3)no2)n1. The third-order valence-electron chi connectivity index (χ3n) is 4.40. The van der Waals surface area contributed by atoms with Gasteiger partial charge in [-0.2, -0.15) is 4.98 Å². The van der Waals surface area contributed by atoms with E-state index in [1.165, 1.54) is 0 Å². The number of hydrogen-bond acceptors (Lipinski definition) is 7. The van der Waals surface area contributed by atoms with Gasteiger partial charge in [-0.1, -0.05) is 34.6 Å². The summed E-state index contributed by atoms with van der Waals surface area (Å²) in [6.07, 6.45) is 3.99. The summed E-state index contributed by atoms with van der Waals surface area (Å²) in [6.45, 7) is 2.24. The second-order valence-corrected chi connectivity index (χ2v) is 6.52. The molecule has 1 aromatic carbocycles. The molecule has 0 aliphatic heterocycles. The van der Waals surface area contributed by atoms with E-state index in [2.05, 4.69) is 25.6 Å². The summed E-state index contributed by atoms with van der Waals surface area (Å²) in [5.74, 6) is 1.39. The lowest BCUT2D eigenvalue weighted by atomic mass is 10.1. The molecule has 3 heterocycles. The van der Waals surface area contributed by atoms with Crippen molar-refractivity contribution in [2.24, 2.45) is 0 Å². The van der Waals surface area contributed by atoms with Crippen molar-refractivity contribution in [3.05, 3.63) is 72.1 Å². The molecule has 0 saturated carbocycles. The van der Waals surface area contributed by atoms with Gasteiger partial charge in [0.15, 0.2) is 5.76 Å². The van der Waals surface area contributed by atoms with E-state index in [1.807, 2.05) is 43.3 Å². The molecule has 146 valence electrons. The average Bonchev–Trinajstić information content (AvgIpc) is 3.41. The van der Waals surface area contributed by atoms with E-state index in [4.69, 9.17) is 9.05 Å². The van der Waals surface area contributed by atoms with E-state index in [1.54, 1.807) is 18.5 Å². The minimum atomic E-state index is -0.139. The van der Waals surface area contributed by atoms with E-state index >= 15 is 0 Å². The van der Waals surface area contributed by atoms with Crippen molar-refractivity contribution in [3.63, 3.8) is 0 Å². The van der Waals surface area contributed by atoms with Crippen LogP contribution in [0.4, 0.5) is 0 Å². The maximum Gasteiger partial charge on any atom is 0.227 e. The molecule has 29 heavy (non-hydrogen) atoms. The molecule has 4 rings (SSSR count). The molecule has 3 aromatic heterocycles. The fourth-order valence-electron chi connectivity index (χ4n) is 2.83. The number of nitrogens with zero attached hydrogens (tertiary/aromatic N) is 4. The first-order valence-electron chi connectivity index (χ1n) is 9.20. The maximum atomic E-state index is 12.1. The number of carbonyl (C=O) groups is 1. The lowest BCUT2D eigenvalue weighted by Crippen LogP contribution is -2.22. The molecule has 0 fully saturated rings. The zero-order valence-electron chi connectivity index (χ0n) is 15.8. The zero-order valence-corrected chi connectivity index (χ0v) is 15.8. The summed E-state index contributed by atoms with van der Waals surface area (Å²) in [6, 6.07) is 13.3. The quantitative estimate of drug-likeness (QED) is 0.516. The van der Waals surface area contributed by atoms with Crippen LogP contribution in [-0.2, 0) is 17.8 Å². The number of aromatic nitrogens is 4. The largest absolute Gasteiger partial charge is 0.359 e. The van der Waals surface area contributed by atoms with Gasteiger partial charge in [0.25, 0.3) is 0 Å². The first-order chi connectivity index (χ1) is 14.2. The molecule has 4 aromatic rings. The van der Waals surface area contributed by atoms with Crippen LogP contribution in [0.1, 0.15) is 23.6 Å². The molecule has 0 aliphatic rings. The smallest absolute Gasteiger partial charge is 0.227 e. The predicted octanol–water partition coefficient (Wildman–Crippen LogP) is 3.34. The highest BCUT2D eigenvalue weighted by Crippen LogP contribution is 2.20. The Bertz CT molecular complexity index is 1100. The van der Waals surface area contributed by atoms with Crippen LogP contribution >= 0.6 is 0 Å². The van der Waals surface area contributed by atoms with Gasteiger partial charge in [0.1, 0.15) is 5.69 Å². The Morgan fingerprint density at radius 1 is 1.10 bits per heavy atom. The standard InChI is InChI=1S/C21H19N5O3/c1-14-5-2-3-7-17(14)21-24-20(29-26-21)9-8-19(27)23-13-16-11-18(25-28-16)15-6-4-10-22-12-15/h2-7,10-12H,8-9,13H2,1H3,(H,23,27). The van der Waals surface area contributed by atoms with Gasteiger partial charge in [-0.3, -0.25) is 9.78 Å². The molecule has 0 atom stereocenters. The van der Waals surface area contributed by atoms with Crippen molar-refractivity contribution in [1.82, 2.24) is 25.6 Å². The number of aryl methyl sites for hydroxylation is 2. The van der Waals surface area contributed by atoms with Gasteiger partial charge in [-0.25, -0.2) is 0 Å². The Morgan fingerprint density at radius 2 is 2.00 bits per heavy atom. The number of nitrogens with one attached hydrogen (secondary N) is 1. The lowest BCUT2D eigenvalue weighted by Gasteiger charge is -2.00. The Morgan fingerprint density at radius 3 is 2.83 bits per heavy atom. The second kappa shape index (κ2) is 8.47. The topological polar surface area (TPSA) is 107 Å². The number of pyridine rings is 1. The predicted molar refractivity (Wildman–Crippen MR) is 104 cm³/mol. The highest BCUT2D eigenvalue weighted by atomic mass is 16.5. The van der Waals surface area contributed by atoms with Crippen LogP contribution in [0, 0.1) is 6.92 Å². The highest BCUT2D eigenvalue weighted by Gasteiger charge is 2.13. The molecule has 0 spiro atoms. The van der Waals surface area contributed by atoms with Gasteiger partial charge in [0.2, 0.25) is 17.6 Å². The van der Waals surface area contributed by atoms with Crippen LogP contribution in [0.25, 0.3) is 22.6 Å². The fourth-order valence-corrected chi connectivity index (χ4v) is 2.83. The fraction of sp³-hybridized carbons (Fsp3) is 0.190. The van der Waals surface area contributed by atoms with E-state index in [-0.39, 0.29) is 18.9 Å². The van der Waals surface area contributed by atoms with Gasteiger partial charge in [-0.15, -0.1) is 0 Å². The number of rotatable bonds is 7. The summed E-state index contributed by atoms with van der Waals surface area (Å²) in [7, 11) is 0. The Kier molecular flexibility index (Phi) is 5.42. The summed E-state index contributed by atoms with van der Waals surface area (Å²) < 4.78 is 10.5. The van der Waals surface area contributed by atoms with Crippen LogP contribution in [0.3, 0.4) is 0 Å². The Balaban J connectivity index is 1.28. The first-order valence-corrected chi connectivity index (χ1v) is 9.20. The molecule has 1 N–H and O–H groups in total. The van der Waals surface area contributed by atoms with E-state index in [9.17, 15) is 4.79 Å². The molecular formula is C21H19N5O3. The van der Waals surface area contributed by atoms with Crippen LogP contribution < -0.4 is 5.32 Å². The summed E-state index contributed by atoms with van der Waals surface area (Å²) in [4.78, 5) is 20.6. The van der Waals surface area contributed by atoms with E-state index < -0.39 is 0 Å². The van der Waals surface area contributed by atoms with E-state index in [0.29, 0.717) is 29.6 Å². The van der Waals surface area contributed by atoms with Crippen molar-refractivity contribution < 1.29 is 13.8 Å². The molecule has 8 heteroatoms. The van der Waals surface area contributed by atoms with Crippen molar-refractivity contribution in [2.45, 2.75) is 26.3 Å². The number of amides is 1. The minimum Gasteiger partial charge on any atom is -0.359 e. The van der Waals surface area contributed by atoms with Crippen molar-refractivity contribution in [2.75, 3.05) is 0 Å². The highest BCUT2D eigenvalue weighted by molar-refractivity contribution is 5.76. The van der Waals surface area contributed by atoms with Crippen LogP contribution in [0.15, 0.2) is 63.9 Å². The van der Waals surface area contributed by atoms with Gasteiger partial charge >= 0.3 is 0 Å². The molecule has 8 nitrogen and oxygen atoms in total. The average molecular weight is 389 g/mol. The van der Waals surface area contributed by atoms with Crippen LogP contribution in [-0.4, -0.2) is 26.2 Å². The van der Waals surface area contributed by atoms with E-state index in [0.717, 1.165) is 16.7 Å². The second-order valence-electron chi connectivity index (χ2n) is 6.52. The molecule has 0 unspecified atom stereocenters. The monoisotopic (exact) mass is 389 g/mol. The third-order valence-corrected chi connectivity index (χ3v) is 4.40. The first kappa shape index (κ1) is 18.5. The number of hydrogen-bond donors (Lipinski definition) is 1. The lowest BCUT2D eigenvalue weighted by molar-refractivity contribution is -0.121. The Labute approximate surface area is 167 Å². The van der Waals surface area contributed by atoms with Gasteiger partial charge in [-0.05, 0) is 24.6 Å².